The second-order valence-electron chi connectivity index (χ2n) is 5.88. The van der Waals surface area contributed by atoms with Crippen molar-refractivity contribution in [2.24, 2.45) is 0 Å². The number of nitrogens with one attached hydrogen (secondary N) is 1. The number of rotatable bonds is 4. The van der Waals surface area contributed by atoms with E-state index in [9.17, 15) is 9.90 Å². The molecule has 1 fully saturated rings. The molecular weight excluding hydrogens is 312 g/mol. The maximum atomic E-state index is 10.8. The number of halogens is 1. The molecule has 0 unspecified atom stereocenters. The predicted molar refractivity (Wildman–Crippen MR) is 88.8 cm³/mol. The van der Waals surface area contributed by atoms with Crippen molar-refractivity contribution in [3.05, 3.63) is 64.7 Å². The normalized spacial score (nSPS) is 15.6. The molecule has 0 saturated carbocycles. The van der Waals surface area contributed by atoms with Gasteiger partial charge < -0.3 is 19.7 Å². The lowest BCUT2D eigenvalue weighted by atomic mass is 10.1. The molecule has 0 bridgehead atoms. The summed E-state index contributed by atoms with van der Waals surface area (Å²) in [4.78, 5) is 14.6. The SMILES string of the molecule is O=C([O-])c1ccc(C[NH+]2CCN(c3cccc(Cl)c3)CC2)cc1. The Balaban J connectivity index is 1.55. The monoisotopic (exact) mass is 330 g/mol. The minimum Gasteiger partial charge on any atom is -0.545 e. The number of carbonyl (C=O) groups excluding carboxylic acids is 1. The van der Waals surface area contributed by atoms with Gasteiger partial charge in [-0.3, -0.25) is 0 Å². The lowest BCUT2D eigenvalue weighted by Gasteiger charge is -2.33. The molecule has 120 valence electrons. The van der Waals surface area contributed by atoms with Gasteiger partial charge in [-0.05, 0) is 23.8 Å². The van der Waals surface area contributed by atoms with E-state index in [4.69, 9.17) is 11.6 Å². The van der Waals surface area contributed by atoms with Gasteiger partial charge in [-0.2, -0.15) is 0 Å². The number of benzene rings is 2. The fourth-order valence-corrected chi connectivity index (χ4v) is 3.16. The Hall–Kier alpha value is -2.04. The molecule has 1 heterocycles. The van der Waals surface area contributed by atoms with Crippen molar-refractivity contribution in [3.8, 4) is 0 Å². The van der Waals surface area contributed by atoms with E-state index in [0.717, 1.165) is 43.3 Å². The Morgan fingerprint density at radius 2 is 1.83 bits per heavy atom. The van der Waals surface area contributed by atoms with Gasteiger partial charge in [0.1, 0.15) is 6.54 Å². The van der Waals surface area contributed by atoms with E-state index >= 15 is 0 Å². The largest absolute Gasteiger partial charge is 0.545 e. The summed E-state index contributed by atoms with van der Waals surface area (Å²) in [6, 6.07) is 15.0. The van der Waals surface area contributed by atoms with E-state index in [2.05, 4.69) is 11.0 Å². The number of aromatic carboxylic acids is 1. The maximum absolute atomic E-state index is 10.8. The minimum absolute atomic E-state index is 0.231. The van der Waals surface area contributed by atoms with Crippen LogP contribution in [0.3, 0.4) is 0 Å². The van der Waals surface area contributed by atoms with Crippen molar-refractivity contribution in [1.82, 2.24) is 0 Å². The highest BCUT2D eigenvalue weighted by Crippen LogP contribution is 2.19. The molecule has 1 aliphatic heterocycles. The first-order valence-electron chi connectivity index (χ1n) is 7.76. The molecule has 0 aliphatic carbocycles. The number of carbonyl (C=O) groups is 1. The Morgan fingerprint density at radius 3 is 2.43 bits per heavy atom. The van der Waals surface area contributed by atoms with Gasteiger partial charge in [-0.25, -0.2) is 0 Å². The second kappa shape index (κ2) is 7.02. The summed E-state index contributed by atoms with van der Waals surface area (Å²) in [5.41, 5.74) is 2.56. The van der Waals surface area contributed by atoms with E-state index in [1.165, 1.54) is 10.6 Å². The van der Waals surface area contributed by atoms with Crippen molar-refractivity contribution in [3.63, 3.8) is 0 Å². The summed E-state index contributed by atoms with van der Waals surface area (Å²) < 4.78 is 0. The topological polar surface area (TPSA) is 47.8 Å². The van der Waals surface area contributed by atoms with Crippen LogP contribution in [0.15, 0.2) is 48.5 Å². The van der Waals surface area contributed by atoms with Gasteiger partial charge in [-0.15, -0.1) is 0 Å². The molecule has 0 amide bonds. The quantitative estimate of drug-likeness (QED) is 0.893. The van der Waals surface area contributed by atoms with Crippen LogP contribution >= 0.6 is 11.6 Å². The third-order valence-corrected chi connectivity index (χ3v) is 4.52. The highest BCUT2D eigenvalue weighted by atomic mass is 35.5. The van der Waals surface area contributed by atoms with Crippen LogP contribution in [0.4, 0.5) is 5.69 Å². The molecule has 3 rings (SSSR count). The predicted octanol–water partition coefficient (Wildman–Crippen LogP) is 0.609. The number of carboxylic acid groups (broad SMARTS) is 1. The standard InChI is InChI=1S/C18H19ClN2O2/c19-16-2-1-3-17(12-16)21-10-8-20(9-11-21)13-14-4-6-15(7-5-14)18(22)23/h1-7,12H,8-11,13H2,(H,22,23). The number of hydrogen-bond acceptors (Lipinski definition) is 3. The highest BCUT2D eigenvalue weighted by Gasteiger charge is 2.20. The first-order chi connectivity index (χ1) is 11.1. The first-order valence-corrected chi connectivity index (χ1v) is 8.14. The molecule has 5 heteroatoms. The van der Waals surface area contributed by atoms with Crippen LogP contribution < -0.4 is 14.9 Å². The summed E-state index contributed by atoms with van der Waals surface area (Å²) in [6.45, 7) is 5.00. The highest BCUT2D eigenvalue weighted by molar-refractivity contribution is 6.30. The average Bonchev–Trinajstić information content (AvgIpc) is 2.56. The number of hydrogen-bond donors (Lipinski definition) is 1. The molecule has 2 aromatic rings. The van der Waals surface area contributed by atoms with E-state index in [0.29, 0.717) is 0 Å². The molecule has 4 nitrogen and oxygen atoms in total. The molecule has 1 saturated heterocycles. The molecule has 0 aromatic heterocycles. The van der Waals surface area contributed by atoms with Crippen molar-refractivity contribution >= 4 is 23.3 Å². The number of carboxylic acids is 1. The van der Waals surface area contributed by atoms with Crippen molar-refractivity contribution in [2.75, 3.05) is 31.1 Å². The van der Waals surface area contributed by atoms with Crippen molar-refractivity contribution < 1.29 is 14.8 Å². The molecule has 0 atom stereocenters. The third kappa shape index (κ3) is 4.03. The first kappa shape index (κ1) is 15.8. The summed E-state index contributed by atoms with van der Waals surface area (Å²) in [7, 11) is 0. The van der Waals surface area contributed by atoms with E-state index < -0.39 is 5.97 Å². The van der Waals surface area contributed by atoms with Crippen LogP contribution in [0.1, 0.15) is 15.9 Å². The van der Waals surface area contributed by atoms with E-state index in [1.54, 1.807) is 12.1 Å². The Kier molecular flexibility index (Phi) is 4.84. The van der Waals surface area contributed by atoms with Crippen molar-refractivity contribution in [1.29, 1.82) is 0 Å². The number of quaternary nitrogens is 1. The molecule has 1 N–H and O–H groups in total. The third-order valence-electron chi connectivity index (χ3n) is 4.29. The fourth-order valence-electron chi connectivity index (χ4n) is 2.98. The van der Waals surface area contributed by atoms with Crippen LogP contribution in [0, 0.1) is 0 Å². The smallest absolute Gasteiger partial charge is 0.103 e. The summed E-state index contributed by atoms with van der Waals surface area (Å²) >= 11 is 6.06. The fraction of sp³-hybridized carbons (Fsp3) is 0.278. The van der Waals surface area contributed by atoms with Crippen LogP contribution in [0.25, 0.3) is 0 Å². The molecule has 23 heavy (non-hydrogen) atoms. The van der Waals surface area contributed by atoms with Gasteiger partial charge in [0.15, 0.2) is 0 Å². The van der Waals surface area contributed by atoms with Crippen LogP contribution in [-0.2, 0) is 6.54 Å². The average molecular weight is 331 g/mol. The molecule has 1 aliphatic rings. The van der Waals surface area contributed by atoms with Gasteiger partial charge in [0.05, 0.1) is 32.1 Å². The zero-order valence-corrected chi connectivity index (χ0v) is 13.6. The maximum Gasteiger partial charge on any atom is 0.103 e. The van der Waals surface area contributed by atoms with Gasteiger partial charge in [0.25, 0.3) is 0 Å². The number of nitrogens with zero attached hydrogens (tertiary/aromatic N) is 1. The molecule has 0 spiro atoms. The van der Waals surface area contributed by atoms with Gasteiger partial charge >= 0.3 is 0 Å². The Labute approximate surface area is 140 Å². The van der Waals surface area contributed by atoms with Gasteiger partial charge in [0, 0.05) is 16.3 Å². The minimum atomic E-state index is -1.13. The van der Waals surface area contributed by atoms with Crippen LogP contribution in [0.2, 0.25) is 5.02 Å². The van der Waals surface area contributed by atoms with E-state index in [1.807, 2.05) is 30.3 Å². The Morgan fingerprint density at radius 1 is 1.13 bits per heavy atom. The Bertz CT molecular complexity index is 680. The molecular formula is C18H19ClN2O2. The van der Waals surface area contributed by atoms with Crippen LogP contribution in [0.5, 0.6) is 0 Å². The zero-order valence-electron chi connectivity index (χ0n) is 12.8. The summed E-state index contributed by atoms with van der Waals surface area (Å²) in [6.07, 6.45) is 0. The second-order valence-corrected chi connectivity index (χ2v) is 6.31. The lowest BCUT2D eigenvalue weighted by molar-refractivity contribution is -0.914. The summed E-state index contributed by atoms with van der Waals surface area (Å²) in [5, 5.41) is 11.5. The number of piperazine rings is 1. The van der Waals surface area contributed by atoms with E-state index in [-0.39, 0.29) is 5.56 Å². The van der Waals surface area contributed by atoms with Crippen molar-refractivity contribution in [2.45, 2.75) is 6.54 Å². The number of anilines is 1. The summed E-state index contributed by atoms with van der Waals surface area (Å²) in [5.74, 6) is -1.13. The van der Waals surface area contributed by atoms with Crippen LogP contribution in [-0.4, -0.2) is 32.1 Å². The molecule has 0 radical (unpaired) electrons. The lowest BCUT2D eigenvalue weighted by Crippen LogP contribution is -3.13. The van der Waals surface area contributed by atoms with Gasteiger partial charge in [-0.1, -0.05) is 41.9 Å². The zero-order chi connectivity index (χ0) is 16.2. The molecule has 2 aromatic carbocycles. The van der Waals surface area contributed by atoms with Gasteiger partial charge in [0.2, 0.25) is 0 Å².